The van der Waals surface area contributed by atoms with Gasteiger partial charge in [0.05, 0.1) is 18.2 Å². The smallest absolute Gasteiger partial charge is 0.258 e. The van der Waals surface area contributed by atoms with Crippen molar-refractivity contribution >= 4 is 22.9 Å². The topological polar surface area (TPSA) is 72.7 Å². The van der Waals surface area contributed by atoms with E-state index in [1.54, 1.807) is 19.2 Å². The molecule has 34 heavy (non-hydrogen) atoms. The van der Waals surface area contributed by atoms with Crippen molar-refractivity contribution < 1.29 is 18.4 Å². The third kappa shape index (κ3) is 5.10. The first kappa shape index (κ1) is 23.8. The van der Waals surface area contributed by atoms with E-state index in [-0.39, 0.29) is 11.9 Å². The number of rotatable bonds is 9. The fourth-order valence-corrected chi connectivity index (χ4v) is 4.26. The van der Waals surface area contributed by atoms with Gasteiger partial charge in [-0.15, -0.1) is 0 Å². The van der Waals surface area contributed by atoms with Gasteiger partial charge in [0.1, 0.15) is 11.6 Å². The van der Waals surface area contributed by atoms with E-state index in [4.69, 9.17) is 26.2 Å². The molecule has 9 heteroatoms. The zero-order chi connectivity index (χ0) is 24.1. The maximum absolute atomic E-state index is 13.4. The molecule has 1 aromatic heterocycles. The van der Waals surface area contributed by atoms with Gasteiger partial charge in [-0.1, -0.05) is 17.3 Å². The molecule has 0 fully saturated rings. The lowest BCUT2D eigenvalue weighted by molar-refractivity contribution is 0.188. The first-order chi connectivity index (χ1) is 16.5. The van der Waals surface area contributed by atoms with Crippen LogP contribution in [0.5, 0.6) is 5.75 Å². The molecule has 0 bridgehead atoms. The average molecular weight is 483 g/mol. The number of hydrogen-bond acceptors (Lipinski definition) is 6. The highest BCUT2D eigenvalue weighted by molar-refractivity contribution is 7.80. The Balaban J connectivity index is 1.74. The molecule has 1 atom stereocenters. The van der Waals surface area contributed by atoms with Crippen molar-refractivity contribution in [2.24, 2.45) is 0 Å². The van der Waals surface area contributed by atoms with Gasteiger partial charge in [-0.25, -0.2) is 4.39 Å². The van der Waals surface area contributed by atoms with Crippen LogP contribution in [0, 0.1) is 5.82 Å². The monoisotopic (exact) mass is 482 g/mol. The first-order valence-corrected chi connectivity index (χ1v) is 11.5. The lowest BCUT2D eigenvalue weighted by Crippen LogP contribution is -2.46. The first-order valence-electron chi connectivity index (χ1n) is 11.1. The number of halogens is 1. The van der Waals surface area contributed by atoms with E-state index < -0.39 is 0 Å². The van der Waals surface area contributed by atoms with Gasteiger partial charge in [0.2, 0.25) is 5.82 Å². The Kier molecular flexibility index (Phi) is 7.54. The van der Waals surface area contributed by atoms with Crippen LogP contribution in [-0.4, -0.2) is 47.0 Å². The fraction of sp³-hybridized carbons (Fsp3) is 0.320. The summed E-state index contributed by atoms with van der Waals surface area (Å²) in [7, 11) is 1.68. The van der Waals surface area contributed by atoms with Crippen LogP contribution in [0.4, 0.5) is 4.39 Å². The summed E-state index contributed by atoms with van der Waals surface area (Å²) in [5.74, 6) is 1.24. The van der Waals surface area contributed by atoms with Crippen LogP contribution in [0.1, 0.15) is 37.8 Å². The summed E-state index contributed by atoms with van der Waals surface area (Å²) >= 11 is 5.71. The van der Waals surface area contributed by atoms with Gasteiger partial charge in [-0.3, -0.25) is 0 Å². The summed E-state index contributed by atoms with van der Waals surface area (Å²) in [4.78, 5) is 6.67. The Labute approximate surface area is 203 Å². The molecular weight excluding hydrogens is 455 g/mol. The van der Waals surface area contributed by atoms with Crippen molar-refractivity contribution in [3.05, 3.63) is 71.5 Å². The van der Waals surface area contributed by atoms with Crippen molar-refractivity contribution in [1.29, 1.82) is 0 Å². The number of aromatic nitrogens is 2. The van der Waals surface area contributed by atoms with Gasteiger partial charge in [0.25, 0.3) is 5.89 Å². The Bertz CT molecular complexity index is 1160. The largest absolute Gasteiger partial charge is 0.494 e. The second kappa shape index (κ2) is 10.8. The van der Waals surface area contributed by atoms with Crippen molar-refractivity contribution in [2.45, 2.75) is 26.3 Å². The third-order valence-corrected chi connectivity index (χ3v) is 5.95. The van der Waals surface area contributed by atoms with E-state index >= 15 is 0 Å². The molecule has 3 aromatic rings. The van der Waals surface area contributed by atoms with Gasteiger partial charge >= 0.3 is 0 Å². The molecule has 1 aliphatic rings. The SMILES string of the molecule is CCOc1ccc(C2NC(=S)N(CCCOC)C(C)=C2c2nc(-c3ccc(F)cc3)no2)cc1. The Morgan fingerprint density at radius 1 is 1.15 bits per heavy atom. The van der Waals surface area contributed by atoms with Crippen molar-refractivity contribution in [3.8, 4) is 17.1 Å². The summed E-state index contributed by atoms with van der Waals surface area (Å²) in [6.45, 7) is 5.85. The van der Waals surface area contributed by atoms with Crippen LogP contribution >= 0.6 is 12.2 Å². The van der Waals surface area contributed by atoms with Crippen LogP contribution in [0.15, 0.2) is 58.8 Å². The quantitative estimate of drug-likeness (QED) is 0.338. The molecule has 4 rings (SSSR count). The lowest BCUT2D eigenvalue weighted by Gasteiger charge is -2.37. The number of thiocarbonyl (C=S) groups is 1. The molecule has 178 valence electrons. The lowest BCUT2D eigenvalue weighted by atomic mass is 9.94. The number of allylic oxidation sites excluding steroid dienone is 1. The molecule has 1 unspecified atom stereocenters. The van der Waals surface area contributed by atoms with E-state index in [2.05, 4.69) is 15.5 Å². The van der Waals surface area contributed by atoms with Crippen molar-refractivity contribution in [2.75, 3.05) is 26.9 Å². The summed E-state index contributed by atoms with van der Waals surface area (Å²) in [6.07, 6.45) is 0.807. The minimum absolute atomic E-state index is 0.289. The maximum Gasteiger partial charge on any atom is 0.258 e. The highest BCUT2D eigenvalue weighted by Gasteiger charge is 2.34. The third-order valence-electron chi connectivity index (χ3n) is 5.61. The summed E-state index contributed by atoms with van der Waals surface area (Å²) in [6, 6.07) is 13.6. The van der Waals surface area contributed by atoms with Crippen LogP contribution in [0.3, 0.4) is 0 Å². The molecule has 0 radical (unpaired) electrons. The van der Waals surface area contributed by atoms with Gasteiger partial charge in [0, 0.05) is 31.5 Å². The standard InChI is InChI=1S/C25H27FN4O3S/c1-4-32-20-12-8-17(9-13-20)22-21(16(2)30(25(34)27-22)14-5-15-31-3)24-28-23(29-33-24)18-6-10-19(26)11-7-18/h6-13,22H,4-5,14-15H2,1-3H3,(H,27,34). The van der Waals surface area contributed by atoms with E-state index in [9.17, 15) is 4.39 Å². The molecule has 0 saturated heterocycles. The van der Waals surface area contributed by atoms with E-state index in [1.807, 2.05) is 43.0 Å². The zero-order valence-corrected chi connectivity index (χ0v) is 20.2. The summed E-state index contributed by atoms with van der Waals surface area (Å²) < 4.78 is 29.9. The number of methoxy groups -OCH3 is 1. The number of nitrogens with one attached hydrogen (secondary N) is 1. The fourth-order valence-electron chi connectivity index (χ4n) is 3.92. The highest BCUT2D eigenvalue weighted by atomic mass is 32.1. The molecule has 2 heterocycles. The predicted molar refractivity (Wildman–Crippen MR) is 132 cm³/mol. The molecule has 0 amide bonds. The van der Waals surface area contributed by atoms with E-state index in [1.165, 1.54) is 12.1 Å². The van der Waals surface area contributed by atoms with Crippen molar-refractivity contribution in [1.82, 2.24) is 20.4 Å². The molecular formula is C25H27FN4O3S. The van der Waals surface area contributed by atoms with Gasteiger partial charge in [0.15, 0.2) is 5.11 Å². The highest BCUT2D eigenvalue weighted by Crippen LogP contribution is 2.38. The minimum Gasteiger partial charge on any atom is -0.494 e. The second-order valence-electron chi connectivity index (χ2n) is 7.81. The second-order valence-corrected chi connectivity index (χ2v) is 8.20. The number of nitrogens with zero attached hydrogens (tertiary/aromatic N) is 3. The molecule has 7 nitrogen and oxygen atoms in total. The number of ether oxygens (including phenoxy) is 2. The molecule has 1 N–H and O–H groups in total. The van der Waals surface area contributed by atoms with Gasteiger partial charge in [-0.05, 0) is 74.4 Å². The van der Waals surface area contributed by atoms with E-state index in [0.29, 0.717) is 42.1 Å². The average Bonchev–Trinajstić information content (AvgIpc) is 3.32. The van der Waals surface area contributed by atoms with Crippen LogP contribution in [0.2, 0.25) is 0 Å². The van der Waals surface area contributed by atoms with E-state index in [0.717, 1.165) is 29.0 Å². The maximum atomic E-state index is 13.4. The zero-order valence-electron chi connectivity index (χ0n) is 19.4. The minimum atomic E-state index is -0.321. The van der Waals surface area contributed by atoms with Gasteiger partial charge < -0.3 is 24.2 Å². The van der Waals surface area contributed by atoms with Crippen LogP contribution < -0.4 is 10.1 Å². The Morgan fingerprint density at radius 2 is 1.88 bits per heavy atom. The summed E-state index contributed by atoms with van der Waals surface area (Å²) in [5.41, 5.74) is 3.41. The van der Waals surface area contributed by atoms with Crippen LogP contribution in [-0.2, 0) is 4.74 Å². The Morgan fingerprint density at radius 3 is 2.56 bits per heavy atom. The number of benzene rings is 2. The molecule has 0 saturated carbocycles. The van der Waals surface area contributed by atoms with Crippen molar-refractivity contribution in [3.63, 3.8) is 0 Å². The number of hydrogen-bond donors (Lipinski definition) is 1. The molecule has 0 spiro atoms. The Hall–Kier alpha value is -3.30. The normalized spacial score (nSPS) is 16.1. The molecule has 1 aliphatic heterocycles. The summed E-state index contributed by atoms with van der Waals surface area (Å²) in [5, 5.41) is 8.21. The molecule has 0 aliphatic carbocycles. The molecule has 2 aromatic carbocycles. The van der Waals surface area contributed by atoms with Gasteiger partial charge in [-0.2, -0.15) is 4.98 Å². The van der Waals surface area contributed by atoms with Crippen LogP contribution in [0.25, 0.3) is 17.0 Å². The predicted octanol–water partition coefficient (Wildman–Crippen LogP) is 4.97.